The summed E-state index contributed by atoms with van der Waals surface area (Å²) in [5.41, 5.74) is -0.285. The molecule has 2 aromatic rings. The summed E-state index contributed by atoms with van der Waals surface area (Å²) in [6.07, 6.45) is 0. The maximum Gasteiger partial charge on any atom is 0.227 e. The molecule has 0 aromatic carbocycles. The first-order valence-electron chi connectivity index (χ1n) is 4.55. The van der Waals surface area contributed by atoms with Crippen molar-refractivity contribution in [1.29, 1.82) is 0 Å². The van der Waals surface area contributed by atoms with Crippen molar-refractivity contribution in [3.05, 3.63) is 16.7 Å². The van der Waals surface area contributed by atoms with Crippen molar-refractivity contribution in [2.45, 2.75) is 26.4 Å². The first-order chi connectivity index (χ1) is 6.96. The molecule has 0 spiro atoms. The van der Waals surface area contributed by atoms with Gasteiger partial charge < -0.3 is 4.74 Å². The minimum Gasteiger partial charge on any atom is -0.471 e. The van der Waals surface area contributed by atoms with Crippen LogP contribution in [0.3, 0.4) is 0 Å². The van der Waals surface area contributed by atoms with Crippen LogP contribution in [0.4, 0.5) is 0 Å². The van der Waals surface area contributed by atoms with Crippen molar-refractivity contribution in [2.75, 3.05) is 0 Å². The Hall–Kier alpha value is -0.870. The van der Waals surface area contributed by atoms with Gasteiger partial charge in [-0.1, -0.05) is 0 Å². The van der Waals surface area contributed by atoms with Gasteiger partial charge >= 0.3 is 0 Å². The highest BCUT2D eigenvalue weighted by atomic mass is 35.5. The lowest BCUT2D eigenvalue weighted by atomic mass is 10.2. The van der Waals surface area contributed by atoms with Gasteiger partial charge in [0.1, 0.15) is 10.4 Å². The molecule has 3 nitrogen and oxygen atoms in total. The van der Waals surface area contributed by atoms with E-state index >= 15 is 0 Å². The standard InChI is InChI=1S/C10H11ClN2OS/c1-10(2,3)14-7-6-4-5-15-8(6)13-9(11)12-7/h4-5H,1-3H3. The summed E-state index contributed by atoms with van der Waals surface area (Å²) in [5, 5.41) is 3.09. The number of aromatic nitrogens is 2. The van der Waals surface area contributed by atoms with Crippen molar-refractivity contribution in [3.63, 3.8) is 0 Å². The Labute approximate surface area is 97.1 Å². The fraction of sp³-hybridized carbons (Fsp3) is 0.400. The Bertz CT molecular complexity index is 490. The van der Waals surface area contributed by atoms with Crippen molar-refractivity contribution in [1.82, 2.24) is 9.97 Å². The second kappa shape index (κ2) is 3.61. The molecular weight excluding hydrogens is 232 g/mol. The third-order valence-electron chi connectivity index (χ3n) is 1.67. The summed E-state index contributed by atoms with van der Waals surface area (Å²) in [7, 11) is 0. The average Bonchev–Trinajstić information content (AvgIpc) is 2.48. The number of ether oxygens (including phenoxy) is 1. The Morgan fingerprint density at radius 2 is 2.07 bits per heavy atom. The number of nitrogens with zero attached hydrogens (tertiary/aromatic N) is 2. The molecule has 2 aromatic heterocycles. The molecule has 5 heteroatoms. The number of rotatable bonds is 1. The molecule has 0 radical (unpaired) electrons. The van der Waals surface area contributed by atoms with Crippen LogP contribution in [0.2, 0.25) is 5.28 Å². The molecule has 0 unspecified atom stereocenters. The topological polar surface area (TPSA) is 35.0 Å². The first-order valence-corrected chi connectivity index (χ1v) is 5.81. The molecule has 0 amide bonds. The molecule has 15 heavy (non-hydrogen) atoms. The summed E-state index contributed by atoms with van der Waals surface area (Å²) >= 11 is 7.34. The minimum atomic E-state index is -0.285. The smallest absolute Gasteiger partial charge is 0.227 e. The lowest BCUT2D eigenvalue weighted by Crippen LogP contribution is -2.23. The van der Waals surface area contributed by atoms with Crippen LogP contribution in [-0.4, -0.2) is 15.6 Å². The molecule has 0 saturated heterocycles. The van der Waals surface area contributed by atoms with Crippen LogP contribution in [0.5, 0.6) is 5.88 Å². The summed E-state index contributed by atoms with van der Waals surface area (Å²) in [5.74, 6) is 0.554. The Balaban J connectivity index is 2.53. The second-order valence-corrected chi connectivity index (χ2v) is 5.38. The van der Waals surface area contributed by atoms with Crippen LogP contribution < -0.4 is 4.74 Å². The third-order valence-corrected chi connectivity index (χ3v) is 2.64. The van der Waals surface area contributed by atoms with Crippen molar-refractivity contribution < 1.29 is 4.74 Å². The molecule has 0 aliphatic heterocycles. The molecule has 80 valence electrons. The van der Waals surface area contributed by atoms with Gasteiger partial charge in [0.25, 0.3) is 0 Å². The van der Waals surface area contributed by atoms with Gasteiger partial charge in [0.2, 0.25) is 11.2 Å². The highest BCUT2D eigenvalue weighted by molar-refractivity contribution is 7.16. The van der Waals surface area contributed by atoms with E-state index in [1.54, 1.807) is 0 Å². The maximum atomic E-state index is 5.81. The molecule has 2 heterocycles. The quantitative estimate of drug-likeness (QED) is 0.718. The molecule has 2 rings (SSSR count). The first kappa shape index (κ1) is 10.6. The molecule has 0 aliphatic carbocycles. The van der Waals surface area contributed by atoms with E-state index in [4.69, 9.17) is 16.3 Å². The number of hydrogen-bond donors (Lipinski definition) is 0. The predicted molar refractivity (Wildman–Crippen MR) is 62.8 cm³/mol. The van der Waals surface area contributed by atoms with Gasteiger partial charge in [-0.2, -0.15) is 4.98 Å². The Kier molecular flexibility index (Phi) is 2.56. The van der Waals surface area contributed by atoms with Gasteiger partial charge in [0, 0.05) is 0 Å². The fourth-order valence-electron chi connectivity index (χ4n) is 1.17. The fourth-order valence-corrected chi connectivity index (χ4v) is 2.14. The van der Waals surface area contributed by atoms with Crippen molar-refractivity contribution in [2.24, 2.45) is 0 Å². The Morgan fingerprint density at radius 1 is 1.33 bits per heavy atom. The van der Waals surface area contributed by atoms with E-state index in [0.29, 0.717) is 5.88 Å². The number of thiophene rings is 1. The van der Waals surface area contributed by atoms with Gasteiger partial charge in [-0.05, 0) is 43.8 Å². The maximum absolute atomic E-state index is 5.81. The normalized spacial score (nSPS) is 12.0. The lowest BCUT2D eigenvalue weighted by Gasteiger charge is -2.20. The van der Waals surface area contributed by atoms with E-state index in [0.717, 1.165) is 10.2 Å². The van der Waals surface area contributed by atoms with Crippen LogP contribution in [0, 0.1) is 0 Å². The van der Waals surface area contributed by atoms with Crippen LogP contribution in [0.15, 0.2) is 11.4 Å². The van der Waals surface area contributed by atoms with Gasteiger partial charge in [-0.3, -0.25) is 0 Å². The zero-order valence-corrected chi connectivity index (χ0v) is 10.3. The van der Waals surface area contributed by atoms with Crippen molar-refractivity contribution >= 4 is 33.2 Å². The molecule has 0 bridgehead atoms. The summed E-state index contributed by atoms with van der Waals surface area (Å²) in [6.45, 7) is 5.92. The monoisotopic (exact) mass is 242 g/mol. The summed E-state index contributed by atoms with van der Waals surface area (Å²) < 4.78 is 5.73. The van der Waals surface area contributed by atoms with E-state index in [2.05, 4.69) is 9.97 Å². The summed E-state index contributed by atoms with van der Waals surface area (Å²) in [4.78, 5) is 9.07. The molecule has 0 aliphatic rings. The number of halogens is 1. The van der Waals surface area contributed by atoms with E-state index < -0.39 is 0 Å². The van der Waals surface area contributed by atoms with Gasteiger partial charge in [0.15, 0.2) is 0 Å². The molecule has 0 N–H and O–H groups in total. The van der Waals surface area contributed by atoms with Crippen LogP contribution in [-0.2, 0) is 0 Å². The molecule has 0 atom stereocenters. The van der Waals surface area contributed by atoms with Crippen LogP contribution >= 0.6 is 22.9 Å². The zero-order valence-electron chi connectivity index (χ0n) is 8.74. The van der Waals surface area contributed by atoms with Crippen molar-refractivity contribution in [3.8, 4) is 5.88 Å². The van der Waals surface area contributed by atoms with E-state index in [9.17, 15) is 0 Å². The highest BCUT2D eigenvalue weighted by Gasteiger charge is 2.16. The number of fused-ring (bicyclic) bond motifs is 1. The Morgan fingerprint density at radius 3 is 2.73 bits per heavy atom. The second-order valence-electron chi connectivity index (χ2n) is 4.15. The minimum absolute atomic E-state index is 0.226. The van der Waals surface area contributed by atoms with Gasteiger partial charge in [-0.15, -0.1) is 11.3 Å². The average molecular weight is 243 g/mol. The number of hydrogen-bond acceptors (Lipinski definition) is 4. The molecule has 0 fully saturated rings. The van der Waals surface area contributed by atoms with Gasteiger partial charge in [-0.25, -0.2) is 4.98 Å². The molecular formula is C10H11ClN2OS. The zero-order chi connectivity index (χ0) is 11.1. The lowest BCUT2D eigenvalue weighted by molar-refractivity contribution is 0.126. The molecule has 0 saturated carbocycles. The van der Waals surface area contributed by atoms with E-state index in [1.807, 2.05) is 32.2 Å². The predicted octanol–water partition coefficient (Wildman–Crippen LogP) is 3.52. The third kappa shape index (κ3) is 2.38. The van der Waals surface area contributed by atoms with Crippen LogP contribution in [0.25, 0.3) is 10.2 Å². The van der Waals surface area contributed by atoms with E-state index in [-0.39, 0.29) is 10.9 Å². The SMILES string of the molecule is CC(C)(C)Oc1nc(Cl)nc2sccc12. The van der Waals surface area contributed by atoms with Crippen LogP contribution in [0.1, 0.15) is 20.8 Å². The largest absolute Gasteiger partial charge is 0.471 e. The summed E-state index contributed by atoms with van der Waals surface area (Å²) in [6, 6.07) is 1.94. The van der Waals surface area contributed by atoms with Gasteiger partial charge in [0.05, 0.1) is 5.39 Å². The highest BCUT2D eigenvalue weighted by Crippen LogP contribution is 2.30. The van der Waals surface area contributed by atoms with E-state index in [1.165, 1.54) is 11.3 Å².